The van der Waals surface area contributed by atoms with Crippen molar-refractivity contribution in [2.45, 2.75) is 6.61 Å². The van der Waals surface area contributed by atoms with Gasteiger partial charge in [-0.05, 0) is 42.0 Å². The summed E-state index contributed by atoms with van der Waals surface area (Å²) in [5.74, 6) is 0.116. The maximum Gasteiger partial charge on any atom is 0.387 e. The summed E-state index contributed by atoms with van der Waals surface area (Å²) in [7, 11) is 1.93. The predicted octanol–water partition coefficient (Wildman–Crippen LogP) is 3.78. The number of para-hydroxylation sites is 1. The minimum absolute atomic E-state index is 0.116. The van der Waals surface area contributed by atoms with Crippen LogP contribution in [-0.2, 0) is 7.05 Å². The zero-order valence-electron chi connectivity index (χ0n) is 12.2. The average Bonchev–Trinajstić information content (AvgIpc) is 2.85. The molecule has 0 spiro atoms. The minimum Gasteiger partial charge on any atom is -0.435 e. The Morgan fingerprint density at radius 1 is 1.13 bits per heavy atom. The highest BCUT2D eigenvalue weighted by atomic mass is 32.1. The number of nitrogens with zero attached hydrogens (tertiary/aromatic N) is 3. The molecule has 0 aliphatic heterocycles. The van der Waals surface area contributed by atoms with Crippen molar-refractivity contribution in [3.05, 3.63) is 58.9 Å². The zero-order valence-corrected chi connectivity index (χ0v) is 13.0. The summed E-state index contributed by atoms with van der Waals surface area (Å²) >= 11 is 1.55. The van der Waals surface area contributed by atoms with Crippen LogP contribution in [0, 0.1) is 0 Å². The Bertz CT molecular complexity index is 898. The molecule has 0 amide bonds. The van der Waals surface area contributed by atoms with Gasteiger partial charge < -0.3 is 9.30 Å². The van der Waals surface area contributed by atoms with E-state index in [0.29, 0.717) is 0 Å². The lowest BCUT2D eigenvalue weighted by molar-refractivity contribution is -0.0498. The molecule has 1 heterocycles. The fourth-order valence-corrected chi connectivity index (χ4v) is 3.03. The summed E-state index contributed by atoms with van der Waals surface area (Å²) in [5.41, 5.74) is 1.85. The van der Waals surface area contributed by atoms with Gasteiger partial charge in [-0.3, -0.25) is 0 Å². The van der Waals surface area contributed by atoms with Gasteiger partial charge in [-0.2, -0.15) is 13.9 Å². The molecule has 0 saturated heterocycles. The summed E-state index contributed by atoms with van der Waals surface area (Å²) in [5, 5.41) is 8.27. The molecule has 23 heavy (non-hydrogen) atoms. The Labute approximate surface area is 135 Å². The summed E-state index contributed by atoms with van der Waals surface area (Å²) < 4.78 is 31.5. The second-order valence-corrected chi connectivity index (χ2v) is 5.71. The standard InChI is InChI=1S/C16H13F2N3OS/c1-21-13-4-2-3-5-14(13)23-16(21)20-19-10-11-6-8-12(9-7-11)22-15(17)18/h2-10,15H,1H3. The molecule has 3 rings (SSSR count). The molecule has 0 unspecified atom stereocenters. The van der Waals surface area contributed by atoms with Gasteiger partial charge in [0.25, 0.3) is 0 Å². The van der Waals surface area contributed by atoms with E-state index in [0.717, 1.165) is 20.6 Å². The van der Waals surface area contributed by atoms with Crippen LogP contribution in [0.15, 0.2) is 58.7 Å². The summed E-state index contributed by atoms with van der Waals surface area (Å²) in [4.78, 5) is 0.778. The Morgan fingerprint density at radius 2 is 1.87 bits per heavy atom. The Balaban J connectivity index is 1.80. The van der Waals surface area contributed by atoms with Crippen LogP contribution in [0.5, 0.6) is 5.75 Å². The summed E-state index contributed by atoms with van der Waals surface area (Å²) in [6.45, 7) is -2.82. The van der Waals surface area contributed by atoms with Gasteiger partial charge in [-0.1, -0.05) is 23.5 Å². The number of aromatic nitrogens is 1. The second kappa shape index (κ2) is 6.70. The van der Waals surface area contributed by atoms with E-state index in [1.807, 2.05) is 35.9 Å². The third kappa shape index (κ3) is 3.62. The molecule has 0 radical (unpaired) electrons. The van der Waals surface area contributed by atoms with Crippen LogP contribution in [0.25, 0.3) is 10.2 Å². The Hall–Kier alpha value is -2.54. The van der Waals surface area contributed by atoms with Crippen LogP contribution < -0.4 is 9.54 Å². The van der Waals surface area contributed by atoms with Gasteiger partial charge in [-0.15, -0.1) is 5.10 Å². The van der Waals surface area contributed by atoms with E-state index in [4.69, 9.17) is 0 Å². The van der Waals surface area contributed by atoms with Crippen LogP contribution in [0.3, 0.4) is 0 Å². The number of ether oxygens (including phenoxy) is 1. The van der Waals surface area contributed by atoms with Crippen molar-refractivity contribution in [2.75, 3.05) is 0 Å². The quantitative estimate of drug-likeness (QED) is 0.529. The molecule has 118 valence electrons. The zero-order chi connectivity index (χ0) is 16.2. The van der Waals surface area contributed by atoms with Gasteiger partial charge in [0.05, 0.1) is 16.4 Å². The van der Waals surface area contributed by atoms with E-state index in [1.54, 1.807) is 29.7 Å². The largest absolute Gasteiger partial charge is 0.435 e. The molecule has 1 aromatic heterocycles. The molecular weight excluding hydrogens is 320 g/mol. The van der Waals surface area contributed by atoms with Crippen molar-refractivity contribution in [1.82, 2.24) is 4.57 Å². The lowest BCUT2D eigenvalue weighted by Crippen LogP contribution is -2.08. The van der Waals surface area contributed by atoms with Crippen LogP contribution in [0.2, 0.25) is 0 Å². The van der Waals surface area contributed by atoms with E-state index >= 15 is 0 Å². The maximum absolute atomic E-state index is 12.1. The first-order valence-corrected chi connectivity index (χ1v) is 7.61. The number of aryl methyl sites for hydroxylation is 1. The highest BCUT2D eigenvalue weighted by molar-refractivity contribution is 7.16. The van der Waals surface area contributed by atoms with Crippen molar-refractivity contribution in [3.8, 4) is 5.75 Å². The molecule has 7 heteroatoms. The molecule has 0 saturated carbocycles. The van der Waals surface area contributed by atoms with E-state index in [1.165, 1.54) is 12.1 Å². The number of benzene rings is 2. The van der Waals surface area contributed by atoms with Gasteiger partial charge in [0.2, 0.25) is 4.80 Å². The summed E-state index contributed by atoms with van der Waals surface area (Å²) in [6, 6.07) is 14.2. The van der Waals surface area contributed by atoms with Gasteiger partial charge in [-0.25, -0.2) is 0 Å². The maximum atomic E-state index is 12.1. The van der Waals surface area contributed by atoms with Gasteiger partial charge in [0.1, 0.15) is 5.75 Å². The summed E-state index contributed by atoms with van der Waals surface area (Å²) in [6.07, 6.45) is 1.57. The van der Waals surface area contributed by atoms with E-state index in [2.05, 4.69) is 14.9 Å². The molecule has 0 bridgehead atoms. The first-order valence-electron chi connectivity index (χ1n) is 6.80. The van der Waals surface area contributed by atoms with Crippen molar-refractivity contribution in [3.63, 3.8) is 0 Å². The minimum atomic E-state index is -2.82. The monoisotopic (exact) mass is 333 g/mol. The topological polar surface area (TPSA) is 38.9 Å². The molecule has 0 atom stereocenters. The number of halogens is 2. The molecule has 0 aliphatic rings. The molecule has 2 aromatic carbocycles. The van der Waals surface area contributed by atoms with Crippen LogP contribution in [0.1, 0.15) is 5.56 Å². The lowest BCUT2D eigenvalue weighted by atomic mass is 10.2. The van der Waals surface area contributed by atoms with Crippen LogP contribution in [0.4, 0.5) is 8.78 Å². The van der Waals surface area contributed by atoms with Gasteiger partial charge in [0.15, 0.2) is 0 Å². The van der Waals surface area contributed by atoms with Crippen molar-refractivity contribution in [2.24, 2.45) is 17.3 Å². The molecule has 0 fully saturated rings. The molecule has 0 aliphatic carbocycles. The SMILES string of the molecule is Cn1c(=NN=Cc2ccc(OC(F)F)cc2)sc2ccccc21. The number of hydrogen-bond donors (Lipinski definition) is 0. The molecule has 0 N–H and O–H groups in total. The normalized spacial score (nSPS) is 12.6. The van der Waals surface area contributed by atoms with Crippen LogP contribution >= 0.6 is 11.3 Å². The fourth-order valence-electron chi connectivity index (χ4n) is 2.06. The Morgan fingerprint density at radius 3 is 2.57 bits per heavy atom. The van der Waals surface area contributed by atoms with Crippen molar-refractivity contribution >= 4 is 27.8 Å². The van der Waals surface area contributed by atoms with E-state index < -0.39 is 6.61 Å². The number of thiazole rings is 1. The molecule has 3 aromatic rings. The van der Waals surface area contributed by atoms with Crippen molar-refractivity contribution < 1.29 is 13.5 Å². The third-order valence-corrected chi connectivity index (χ3v) is 4.27. The lowest BCUT2D eigenvalue weighted by Gasteiger charge is -2.03. The molecular formula is C16H13F2N3OS. The highest BCUT2D eigenvalue weighted by Crippen LogP contribution is 2.15. The van der Waals surface area contributed by atoms with E-state index in [-0.39, 0.29) is 5.75 Å². The van der Waals surface area contributed by atoms with Crippen LogP contribution in [-0.4, -0.2) is 17.4 Å². The van der Waals surface area contributed by atoms with Gasteiger partial charge in [0, 0.05) is 7.05 Å². The smallest absolute Gasteiger partial charge is 0.387 e. The highest BCUT2D eigenvalue weighted by Gasteiger charge is 2.03. The first-order chi connectivity index (χ1) is 11.1. The fraction of sp³-hybridized carbons (Fsp3) is 0.125. The average molecular weight is 333 g/mol. The number of hydrogen-bond acceptors (Lipinski definition) is 4. The predicted molar refractivity (Wildman–Crippen MR) is 87.0 cm³/mol. The van der Waals surface area contributed by atoms with Crippen molar-refractivity contribution in [1.29, 1.82) is 0 Å². The number of alkyl halides is 2. The first kappa shape index (κ1) is 15.4. The number of fused-ring (bicyclic) bond motifs is 1. The van der Waals surface area contributed by atoms with E-state index in [9.17, 15) is 8.78 Å². The number of rotatable bonds is 4. The molecule has 4 nitrogen and oxygen atoms in total. The Kier molecular flexibility index (Phi) is 4.47. The third-order valence-electron chi connectivity index (χ3n) is 3.17. The van der Waals surface area contributed by atoms with Gasteiger partial charge >= 0.3 is 6.61 Å². The second-order valence-electron chi connectivity index (χ2n) is 4.70.